The average molecular weight is 457 g/mol. The van der Waals surface area contributed by atoms with Gasteiger partial charge < -0.3 is 9.84 Å². The third kappa shape index (κ3) is 4.20. The fourth-order valence-corrected chi connectivity index (χ4v) is 4.85. The molecule has 0 radical (unpaired) electrons. The Bertz CT molecular complexity index is 1310. The van der Waals surface area contributed by atoms with Gasteiger partial charge in [0.15, 0.2) is 0 Å². The Kier molecular flexibility index (Phi) is 6.15. The Hall–Kier alpha value is -4.63. The number of hydrogen-bond acceptors (Lipinski definition) is 2. The molecule has 0 bridgehead atoms. The van der Waals surface area contributed by atoms with Crippen LogP contribution in [0, 0.1) is 0 Å². The summed E-state index contributed by atoms with van der Waals surface area (Å²) in [6.07, 6.45) is -1.33. The molecule has 3 nitrogen and oxygen atoms in total. The molecule has 170 valence electrons. The summed E-state index contributed by atoms with van der Waals surface area (Å²) in [5, 5.41) is 9.14. The van der Waals surface area contributed by atoms with E-state index in [2.05, 4.69) is 84.9 Å². The van der Waals surface area contributed by atoms with Crippen LogP contribution in [0.1, 0.15) is 22.3 Å². The standard InChI is InChI=1S/C32H24O3/c33-31(34)35-30-19-11-10-18-29(30)24-20-22-28(23-21-24)32(25-12-4-1-5-13-25,26-14-6-2-7-15-26)27-16-8-3-9-17-27/h1-23H,(H,33,34). The number of para-hydroxylation sites is 1. The van der Waals surface area contributed by atoms with E-state index in [1.807, 2.05) is 42.5 Å². The molecule has 0 saturated heterocycles. The van der Waals surface area contributed by atoms with Gasteiger partial charge in [0.2, 0.25) is 0 Å². The van der Waals surface area contributed by atoms with Crippen LogP contribution in [-0.2, 0) is 5.41 Å². The van der Waals surface area contributed by atoms with E-state index in [1.54, 1.807) is 12.1 Å². The van der Waals surface area contributed by atoms with E-state index >= 15 is 0 Å². The van der Waals surface area contributed by atoms with Gasteiger partial charge in [0.1, 0.15) is 5.75 Å². The molecule has 5 rings (SSSR count). The first-order valence-corrected chi connectivity index (χ1v) is 11.5. The van der Waals surface area contributed by atoms with E-state index in [1.165, 1.54) is 16.7 Å². The third-order valence-corrected chi connectivity index (χ3v) is 6.33. The van der Waals surface area contributed by atoms with Crippen LogP contribution in [0.5, 0.6) is 5.75 Å². The van der Waals surface area contributed by atoms with E-state index in [-0.39, 0.29) is 0 Å². The summed E-state index contributed by atoms with van der Waals surface area (Å²) in [6, 6.07) is 47.1. The molecule has 0 aromatic heterocycles. The van der Waals surface area contributed by atoms with Crippen LogP contribution in [0.15, 0.2) is 140 Å². The summed E-state index contributed by atoms with van der Waals surface area (Å²) in [7, 11) is 0. The second-order valence-electron chi connectivity index (χ2n) is 8.29. The zero-order chi connectivity index (χ0) is 24.1. The highest BCUT2D eigenvalue weighted by molar-refractivity contribution is 5.75. The van der Waals surface area contributed by atoms with Crippen molar-refractivity contribution in [2.24, 2.45) is 0 Å². The van der Waals surface area contributed by atoms with Crippen molar-refractivity contribution < 1.29 is 14.6 Å². The highest BCUT2D eigenvalue weighted by Crippen LogP contribution is 2.45. The van der Waals surface area contributed by atoms with Crippen molar-refractivity contribution >= 4 is 6.16 Å². The van der Waals surface area contributed by atoms with Crippen molar-refractivity contribution in [2.75, 3.05) is 0 Å². The number of carbonyl (C=O) groups is 1. The Balaban J connectivity index is 1.73. The first kappa shape index (κ1) is 22.2. The largest absolute Gasteiger partial charge is 0.511 e. The number of ether oxygens (including phenoxy) is 1. The smallest absolute Gasteiger partial charge is 0.449 e. The van der Waals surface area contributed by atoms with Gasteiger partial charge in [0.05, 0.1) is 5.41 Å². The van der Waals surface area contributed by atoms with Gasteiger partial charge in [-0.3, -0.25) is 0 Å². The lowest BCUT2D eigenvalue weighted by atomic mass is 9.65. The Morgan fingerprint density at radius 3 is 1.37 bits per heavy atom. The molecular weight excluding hydrogens is 432 g/mol. The normalized spacial score (nSPS) is 11.1. The second-order valence-corrected chi connectivity index (χ2v) is 8.29. The van der Waals surface area contributed by atoms with Crippen molar-refractivity contribution in [1.82, 2.24) is 0 Å². The van der Waals surface area contributed by atoms with Crippen molar-refractivity contribution in [3.05, 3.63) is 162 Å². The van der Waals surface area contributed by atoms with E-state index in [0.717, 1.165) is 16.7 Å². The predicted octanol–water partition coefficient (Wildman–Crippen LogP) is 7.79. The molecule has 0 unspecified atom stereocenters. The minimum atomic E-state index is -1.33. The van der Waals surface area contributed by atoms with Gasteiger partial charge in [0.25, 0.3) is 0 Å². The average Bonchev–Trinajstić information content (AvgIpc) is 2.92. The van der Waals surface area contributed by atoms with Gasteiger partial charge in [-0.05, 0) is 33.9 Å². The molecule has 5 aromatic carbocycles. The number of hydrogen-bond donors (Lipinski definition) is 1. The van der Waals surface area contributed by atoms with Crippen molar-refractivity contribution in [3.63, 3.8) is 0 Å². The fraction of sp³-hybridized carbons (Fsp3) is 0.0312. The summed E-state index contributed by atoms with van der Waals surface area (Å²) in [6.45, 7) is 0. The van der Waals surface area contributed by atoms with Gasteiger partial charge in [-0.25, -0.2) is 4.79 Å². The molecule has 0 aliphatic rings. The van der Waals surface area contributed by atoms with Crippen molar-refractivity contribution in [1.29, 1.82) is 0 Å². The van der Waals surface area contributed by atoms with Crippen LogP contribution in [0.2, 0.25) is 0 Å². The van der Waals surface area contributed by atoms with Crippen LogP contribution in [-0.4, -0.2) is 11.3 Å². The summed E-state index contributed by atoms with van der Waals surface area (Å²) in [4.78, 5) is 11.2. The van der Waals surface area contributed by atoms with Gasteiger partial charge in [-0.1, -0.05) is 133 Å². The fourth-order valence-electron chi connectivity index (χ4n) is 4.85. The molecule has 0 amide bonds. The van der Waals surface area contributed by atoms with Gasteiger partial charge >= 0.3 is 6.16 Å². The molecule has 0 spiro atoms. The molecule has 0 aliphatic carbocycles. The maximum absolute atomic E-state index is 11.2. The van der Waals surface area contributed by atoms with E-state index in [9.17, 15) is 4.79 Å². The molecule has 0 saturated carbocycles. The highest BCUT2D eigenvalue weighted by Gasteiger charge is 2.38. The topological polar surface area (TPSA) is 46.5 Å². The molecule has 0 aliphatic heterocycles. The number of benzene rings is 5. The Labute approximate surface area is 204 Å². The van der Waals surface area contributed by atoms with Gasteiger partial charge in [-0.2, -0.15) is 0 Å². The minimum absolute atomic E-state index is 0.313. The number of carboxylic acid groups (broad SMARTS) is 1. The van der Waals surface area contributed by atoms with Gasteiger partial charge in [-0.15, -0.1) is 0 Å². The number of rotatable bonds is 6. The van der Waals surface area contributed by atoms with Crippen LogP contribution in [0.25, 0.3) is 11.1 Å². The van der Waals surface area contributed by atoms with E-state index in [0.29, 0.717) is 5.75 Å². The van der Waals surface area contributed by atoms with Crippen LogP contribution >= 0.6 is 0 Å². The minimum Gasteiger partial charge on any atom is -0.449 e. The Morgan fingerprint density at radius 1 is 0.514 bits per heavy atom. The Morgan fingerprint density at radius 2 is 0.914 bits per heavy atom. The van der Waals surface area contributed by atoms with Crippen LogP contribution < -0.4 is 4.74 Å². The SMILES string of the molecule is O=C(O)Oc1ccccc1-c1ccc(C(c2ccccc2)(c2ccccc2)c2ccccc2)cc1. The van der Waals surface area contributed by atoms with Crippen LogP contribution in [0.4, 0.5) is 4.79 Å². The maximum atomic E-state index is 11.2. The second kappa shape index (κ2) is 9.70. The zero-order valence-corrected chi connectivity index (χ0v) is 19.0. The van der Waals surface area contributed by atoms with Crippen molar-refractivity contribution in [2.45, 2.75) is 5.41 Å². The molecule has 1 N–H and O–H groups in total. The van der Waals surface area contributed by atoms with Crippen LogP contribution in [0.3, 0.4) is 0 Å². The molecule has 35 heavy (non-hydrogen) atoms. The lowest BCUT2D eigenvalue weighted by molar-refractivity contribution is 0.144. The highest BCUT2D eigenvalue weighted by atomic mass is 16.7. The third-order valence-electron chi connectivity index (χ3n) is 6.33. The summed E-state index contributed by atoms with van der Waals surface area (Å²) < 4.78 is 5.02. The lowest BCUT2D eigenvalue weighted by Crippen LogP contribution is -2.30. The first-order valence-electron chi connectivity index (χ1n) is 11.5. The quantitative estimate of drug-likeness (QED) is 0.161. The molecule has 3 heteroatoms. The maximum Gasteiger partial charge on any atom is 0.511 e. The summed E-state index contributed by atoms with van der Waals surface area (Å²) >= 11 is 0. The molecule has 0 heterocycles. The van der Waals surface area contributed by atoms with Gasteiger partial charge in [0, 0.05) is 5.56 Å². The monoisotopic (exact) mass is 456 g/mol. The zero-order valence-electron chi connectivity index (χ0n) is 19.0. The first-order chi connectivity index (χ1) is 17.2. The van der Waals surface area contributed by atoms with E-state index < -0.39 is 11.6 Å². The molecule has 5 aromatic rings. The molecule has 0 atom stereocenters. The summed E-state index contributed by atoms with van der Waals surface area (Å²) in [5.74, 6) is 0.313. The molecule has 0 fully saturated rings. The predicted molar refractivity (Wildman–Crippen MR) is 139 cm³/mol. The van der Waals surface area contributed by atoms with Crippen molar-refractivity contribution in [3.8, 4) is 16.9 Å². The summed E-state index contributed by atoms with van der Waals surface area (Å²) in [5.41, 5.74) is 5.69. The molecular formula is C32H24O3. The lowest BCUT2D eigenvalue weighted by Gasteiger charge is -2.37. The van der Waals surface area contributed by atoms with E-state index in [4.69, 9.17) is 9.84 Å².